The van der Waals surface area contributed by atoms with Gasteiger partial charge in [-0.05, 0) is 60.2 Å². The summed E-state index contributed by atoms with van der Waals surface area (Å²) in [6.45, 7) is 0.434. The van der Waals surface area contributed by atoms with Crippen LogP contribution >= 0.6 is 23.2 Å². The van der Waals surface area contributed by atoms with Gasteiger partial charge in [0, 0.05) is 22.2 Å². The third kappa shape index (κ3) is 5.01. The Bertz CT molecular complexity index is 1040. The first kappa shape index (κ1) is 21.6. The fraction of sp³-hybridized carbons (Fsp3) is 0.250. The fourth-order valence-corrected chi connectivity index (χ4v) is 4.60. The van der Waals surface area contributed by atoms with Crippen molar-refractivity contribution in [1.29, 1.82) is 0 Å². The van der Waals surface area contributed by atoms with Crippen LogP contribution in [0.15, 0.2) is 66.3 Å². The van der Waals surface area contributed by atoms with E-state index in [1.54, 1.807) is 24.3 Å². The van der Waals surface area contributed by atoms with E-state index in [2.05, 4.69) is 16.2 Å². The number of carbonyl (C=O) groups excluding carboxylic acids is 2. The van der Waals surface area contributed by atoms with E-state index in [9.17, 15) is 9.59 Å². The SMILES string of the molecule is O=C(NCCc1c(Cl)cccc1Cl)c1cccc(CC2NNC(=O)C3CC=CC=C23)c1. The maximum Gasteiger partial charge on any atom is 0.251 e. The Morgan fingerprint density at radius 2 is 1.90 bits per heavy atom. The average Bonchev–Trinajstić information content (AvgIpc) is 2.78. The Morgan fingerprint density at radius 3 is 2.71 bits per heavy atom. The Kier molecular flexibility index (Phi) is 6.76. The molecule has 1 heterocycles. The van der Waals surface area contributed by atoms with Gasteiger partial charge >= 0.3 is 0 Å². The predicted molar refractivity (Wildman–Crippen MR) is 123 cm³/mol. The van der Waals surface area contributed by atoms with E-state index in [1.807, 2.05) is 36.4 Å². The Balaban J connectivity index is 1.39. The maximum absolute atomic E-state index is 12.6. The van der Waals surface area contributed by atoms with Gasteiger partial charge in [0.1, 0.15) is 0 Å². The molecule has 0 radical (unpaired) electrons. The van der Waals surface area contributed by atoms with Crippen LogP contribution in [0.2, 0.25) is 10.0 Å². The molecule has 1 aliphatic heterocycles. The third-order valence-electron chi connectivity index (χ3n) is 5.64. The van der Waals surface area contributed by atoms with Crippen LogP contribution in [0.25, 0.3) is 0 Å². The molecule has 2 atom stereocenters. The van der Waals surface area contributed by atoms with E-state index in [4.69, 9.17) is 23.2 Å². The minimum atomic E-state index is -0.146. The van der Waals surface area contributed by atoms with Gasteiger partial charge in [0.25, 0.3) is 5.91 Å². The number of rotatable bonds is 6. The van der Waals surface area contributed by atoms with E-state index in [1.165, 1.54) is 0 Å². The van der Waals surface area contributed by atoms with Gasteiger partial charge < -0.3 is 5.32 Å². The summed E-state index contributed by atoms with van der Waals surface area (Å²) in [5.41, 5.74) is 9.40. The van der Waals surface area contributed by atoms with Crippen molar-refractivity contribution < 1.29 is 9.59 Å². The molecular weight excluding hydrogens is 433 g/mol. The van der Waals surface area contributed by atoms with Crippen molar-refractivity contribution in [2.24, 2.45) is 5.92 Å². The number of carbonyl (C=O) groups is 2. The molecule has 160 valence electrons. The molecule has 2 amide bonds. The van der Waals surface area contributed by atoms with E-state index in [0.717, 1.165) is 16.7 Å². The highest BCUT2D eigenvalue weighted by Gasteiger charge is 2.33. The van der Waals surface area contributed by atoms with E-state index < -0.39 is 0 Å². The van der Waals surface area contributed by atoms with Gasteiger partial charge in [-0.3, -0.25) is 15.0 Å². The highest BCUT2D eigenvalue weighted by atomic mass is 35.5. The van der Waals surface area contributed by atoms with Crippen LogP contribution in [0, 0.1) is 5.92 Å². The molecule has 0 spiro atoms. The normalized spacial score (nSPS) is 19.9. The summed E-state index contributed by atoms with van der Waals surface area (Å²) in [6.07, 6.45) is 7.96. The number of nitrogens with one attached hydrogen (secondary N) is 3. The molecular formula is C24H23Cl2N3O2. The minimum absolute atomic E-state index is 0.00130. The number of hydrogen-bond donors (Lipinski definition) is 3. The van der Waals surface area contributed by atoms with Crippen molar-refractivity contribution in [3.63, 3.8) is 0 Å². The number of amides is 2. The summed E-state index contributed by atoms with van der Waals surface area (Å²) in [7, 11) is 0. The van der Waals surface area contributed by atoms with Crippen LogP contribution in [0.3, 0.4) is 0 Å². The Hall–Kier alpha value is -2.60. The van der Waals surface area contributed by atoms with Crippen molar-refractivity contribution in [1.82, 2.24) is 16.2 Å². The van der Waals surface area contributed by atoms with Crippen molar-refractivity contribution in [2.75, 3.05) is 6.54 Å². The molecule has 0 aromatic heterocycles. The lowest BCUT2D eigenvalue weighted by molar-refractivity contribution is -0.126. The second-order valence-electron chi connectivity index (χ2n) is 7.68. The average molecular weight is 456 g/mol. The van der Waals surface area contributed by atoms with Crippen LogP contribution in [-0.4, -0.2) is 24.4 Å². The second-order valence-corrected chi connectivity index (χ2v) is 8.49. The lowest BCUT2D eigenvalue weighted by atomic mass is 9.82. The van der Waals surface area contributed by atoms with Crippen molar-refractivity contribution in [3.05, 3.63) is 93.0 Å². The summed E-state index contributed by atoms with van der Waals surface area (Å²) >= 11 is 12.4. The largest absolute Gasteiger partial charge is 0.352 e. The van der Waals surface area contributed by atoms with Gasteiger partial charge in [0.15, 0.2) is 0 Å². The second kappa shape index (κ2) is 9.69. The topological polar surface area (TPSA) is 70.2 Å². The summed E-state index contributed by atoms with van der Waals surface area (Å²) in [5.74, 6) is -0.273. The smallest absolute Gasteiger partial charge is 0.251 e. The summed E-state index contributed by atoms with van der Waals surface area (Å²) in [5, 5.41) is 4.13. The first-order chi connectivity index (χ1) is 15.0. The van der Waals surface area contributed by atoms with Crippen LogP contribution < -0.4 is 16.2 Å². The molecule has 7 heteroatoms. The van der Waals surface area contributed by atoms with E-state index in [0.29, 0.717) is 41.4 Å². The molecule has 1 saturated heterocycles. The number of hydrazine groups is 1. The molecule has 1 aliphatic carbocycles. The molecule has 5 nitrogen and oxygen atoms in total. The zero-order chi connectivity index (χ0) is 21.8. The van der Waals surface area contributed by atoms with Crippen LogP contribution in [-0.2, 0) is 17.6 Å². The minimum Gasteiger partial charge on any atom is -0.352 e. The zero-order valence-corrected chi connectivity index (χ0v) is 18.3. The summed E-state index contributed by atoms with van der Waals surface area (Å²) < 4.78 is 0. The third-order valence-corrected chi connectivity index (χ3v) is 6.35. The highest BCUT2D eigenvalue weighted by molar-refractivity contribution is 6.36. The standard InChI is InChI=1S/C24H23Cl2N3O2/c25-20-9-4-10-21(26)19(20)11-12-27-23(30)16-6-3-5-15(13-16)14-22-17-7-1-2-8-18(17)24(31)29-28-22/h1-7,9-10,13,18,22,28H,8,11-12,14H2,(H,27,30)(H,29,31). The van der Waals surface area contributed by atoms with Gasteiger partial charge in [-0.1, -0.05) is 59.6 Å². The maximum atomic E-state index is 12.6. The lowest BCUT2D eigenvalue weighted by Crippen LogP contribution is -2.55. The van der Waals surface area contributed by atoms with E-state index >= 15 is 0 Å². The molecule has 2 aliphatic rings. The molecule has 2 unspecified atom stereocenters. The monoisotopic (exact) mass is 455 g/mol. The number of benzene rings is 2. The number of fused-ring (bicyclic) bond motifs is 1. The van der Waals surface area contributed by atoms with Gasteiger partial charge in [-0.2, -0.15) is 0 Å². The predicted octanol–water partition coefficient (Wildman–Crippen LogP) is 4.01. The first-order valence-electron chi connectivity index (χ1n) is 10.2. The van der Waals surface area contributed by atoms with Gasteiger partial charge in [-0.15, -0.1) is 0 Å². The fourth-order valence-electron chi connectivity index (χ4n) is 4.01. The Morgan fingerprint density at radius 1 is 1.13 bits per heavy atom. The van der Waals surface area contributed by atoms with Crippen LogP contribution in [0.5, 0.6) is 0 Å². The number of hydrogen-bond acceptors (Lipinski definition) is 3. The van der Waals surface area contributed by atoms with Crippen molar-refractivity contribution in [3.8, 4) is 0 Å². The quantitative estimate of drug-likeness (QED) is 0.615. The van der Waals surface area contributed by atoms with Crippen molar-refractivity contribution in [2.45, 2.75) is 25.3 Å². The molecule has 0 saturated carbocycles. The summed E-state index contributed by atoms with van der Waals surface area (Å²) in [6, 6.07) is 12.9. The molecule has 1 fully saturated rings. The molecule has 2 aromatic carbocycles. The van der Waals surface area contributed by atoms with Gasteiger partial charge in [0.05, 0.1) is 12.0 Å². The van der Waals surface area contributed by atoms with Gasteiger partial charge in [-0.25, -0.2) is 5.43 Å². The van der Waals surface area contributed by atoms with Crippen LogP contribution in [0.4, 0.5) is 0 Å². The number of allylic oxidation sites excluding steroid dienone is 3. The molecule has 31 heavy (non-hydrogen) atoms. The molecule has 0 bridgehead atoms. The summed E-state index contributed by atoms with van der Waals surface area (Å²) in [4.78, 5) is 24.7. The lowest BCUT2D eigenvalue weighted by Gasteiger charge is -2.34. The number of halogens is 2. The van der Waals surface area contributed by atoms with Crippen molar-refractivity contribution >= 4 is 35.0 Å². The Labute approximate surface area is 191 Å². The first-order valence-corrected chi connectivity index (χ1v) is 11.0. The van der Waals surface area contributed by atoms with E-state index in [-0.39, 0.29) is 23.8 Å². The van der Waals surface area contributed by atoms with Gasteiger partial charge in [0.2, 0.25) is 5.91 Å². The highest BCUT2D eigenvalue weighted by Crippen LogP contribution is 2.28. The molecule has 2 aromatic rings. The van der Waals surface area contributed by atoms with Crippen LogP contribution in [0.1, 0.15) is 27.9 Å². The molecule has 4 rings (SSSR count). The zero-order valence-electron chi connectivity index (χ0n) is 16.8. The molecule has 3 N–H and O–H groups in total.